The van der Waals surface area contributed by atoms with Gasteiger partial charge in [-0.3, -0.25) is 4.57 Å². The van der Waals surface area contributed by atoms with Crippen molar-refractivity contribution < 1.29 is 18.3 Å². The van der Waals surface area contributed by atoms with Gasteiger partial charge in [0.1, 0.15) is 11.6 Å². The van der Waals surface area contributed by atoms with Crippen molar-refractivity contribution in [3.8, 4) is 11.9 Å². The van der Waals surface area contributed by atoms with E-state index in [1.807, 2.05) is 12.1 Å². The Morgan fingerprint density at radius 3 is 2.41 bits per heavy atom. The molecule has 13 heteroatoms. The molecule has 228 valence electrons. The topological polar surface area (TPSA) is 133 Å². The van der Waals surface area contributed by atoms with Crippen LogP contribution in [0.25, 0.3) is 16.9 Å². The highest BCUT2D eigenvalue weighted by atomic mass is 19.3. The molecule has 3 N–H and O–H groups in total. The molecule has 0 atom stereocenters. The number of alkyl halides is 2. The van der Waals surface area contributed by atoms with Gasteiger partial charge in [0.15, 0.2) is 5.82 Å². The number of hydrogen-bond acceptors (Lipinski definition) is 8. The summed E-state index contributed by atoms with van der Waals surface area (Å²) in [6.45, 7) is 2.73. The number of anilines is 2. The third-order valence-electron chi connectivity index (χ3n) is 7.98. The van der Waals surface area contributed by atoms with Crippen LogP contribution in [0.2, 0.25) is 0 Å². The number of benzene rings is 2. The minimum absolute atomic E-state index is 0.0242. The average molecular weight is 602 g/mol. The van der Waals surface area contributed by atoms with Crippen LogP contribution < -0.4 is 20.9 Å². The number of urea groups is 1. The molecule has 0 unspecified atom stereocenters. The van der Waals surface area contributed by atoms with E-state index in [0.29, 0.717) is 67.0 Å². The first kappa shape index (κ1) is 29.3. The molecule has 2 aliphatic rings. The highest BCUT2D eigenvalue weighted by Gasteiger charge is 2.26. The van der Waals surface area contributed by atoms with E-state index in [1.165, 1.54) is 4.57 Å². The van der Waals surface area contributed by atoms with Crippen molar-refractivity contribution in [1.29, 1.82) is 5.26 Å². The number of carbonyl (C=O) groups is 1. The number of aromatic nitrogens is 4. The van der Waals surface area contributed by atoms with Crippen LogP contribution in [0.15, 0.2) is 54.6 Å². The molecule has 2 amide bonds. The van der Waals surface area contributed by atoms with Crippen molar-refractivity contribution in [2.45, 2.75) is 50.7 Å². The Kier molecular flexibility index (Phi) is 8.79. The van der Waals surface area contributed by atoms with E-state index in [2.05, 4.69) is 31.9 Å². The molecular formula is C31H33F2N9O2. The second-order valence-electron chi connectivity index (χ2n) is 10.9. The quantitative estimate of drug-likeness (QED) is 0.265. The van der Waals surface area contributed by atoms with Gasteiger partial charge < -0.3 is 25.6 Å². The summed E-state index contributed by atoms with van der Waals surface area (Å²) in [6, 6.07) is 17.8. The van der Waals surface area contributed by atoms with Gasteiger partial charge in [0.25, 0.3) is 6.43 Å². The molecule has 2 fully saturated rings. The average Bonchev–Trinajstić information content (AvgIpc) is 3.46. The third kappa shape index (κ3) is 6.70. The fraction of sp³-hybridized carbons (Fsp3) is 0.387. The Morgan fingerprint density at radius 1 is 0.977 bits per heavy atom. The summed E-state index contributed by atoms with van der Waals surface area (Å²) >= 11 is 0. The smallest absolute Gasteiger partial charge is 0.315 e. The summed E-state index contributed by atoms with van der Waals surface area (Å²) in [5.74, 6) is 0.946. The van der Waals surface area contributed by atoms with Gasteiger partial charge in [-0.2, -0.15) is 15.2 Å². The van der Waals surface area contributed by atoms with E-state index in [1.54, 1.807) is 42.5 Å². The van der Waals surface area contributed by atoms with Crippen molar-refractivity contribution >= 4 is 28.8 Å². The number of ether oxygens (including phenoxy) is 1. The van der Waals surface area contributed by atoms with Crippen molar-refractivity contribution in [1.82, 2.24) is 30.2 Å². The van der Waals surface area contributed by atoms with Gasteiger partial charge in [0.2, 0.25) is 5.95 Å². The Morgan fingerprint density at radius 2 is 1.68 bits per heavy atom. The third-order valence-corrected chi connectivity index (χ3v) is 7.98. The molecule has 0 radical (unpaired) electrons. The Bertz CT molecular complexity index is 1640. The maximum Gasteiger partial charge on any atom is 0.315 e. The highest BCUT2D eigenvalue weighted by molar-refractivity contribution is 5.78. The Balaban J connectivity index is 1.14. The second-order valence-corrected chi connectivity index (χ2v) is 10.9. The van der Waals surface area contributed by atoms with Gasteiger partial charge in [-0.05, 0) is 55.5 Å². The zero-order valence-corrected chi connectivity index (χ0v) is 24.0. The normalized spacial score (nSPS) is 18.6. The van der Waals surface area contributed by atoms with Crippen LogP contribution in [-0.2, 0) is 11.3 Å². The molecular weight excluding hydrogens is 568 g/mol. The largest absolute Gasteiger partial charge is 0.378 e. The number of carbonyl (C=O) groups excluding carboxylic acids is 1. The van der Waals surface area contributed by atoms with Gasteiger partial charge in [0.05, 0.1) is 35.9 Å². The van der Waals surface area contributed by atoms with Crippen LogP contribution in [-0.4, -0.2) is 63.9 Å². The summed E-state index contributed by atoms with van der Waals surface area (Å²) in [6.07, 6.45) is 0.290. The molecule has 1 saturated carbocycles. The van der Waals surface area contributed by atoms with Gasteiger partial charge in [-0.15, -0.1) is 0 Å². The van der Waals surface area contributed by atoms with E-state index in [0.717, 1.165) is 31.2 Å². The van der Waals surface area contributed by atoms with E-state index >= 15 is 0 Å². The van der Waals surface area contributed by atoms with E-state index < -0.39 is 6.43 Å². The first-order valence-corrected chi connectivity index (χ1v) is 14.7. The zero-order chi connectivity index (χ0) is 30.5. The number of hydrogen-bond donors (Lipinski definition) is 3. The van der Waals surface area contributed by atoms with Gasteiger partial charge in [0, 0.05) is 37.8 Å². The number of para-hydroxylation sites is 2. The fourth-order valence-electron chi connectivity index (χ4n) is 5.67. The maximum absolute atomic E-state index is 14.2. The summed E-state index contributed by atoms with van der Waals surface area (Å²) < 4.78 is 35.2. The van der Waals surface area contributed by atoms with Gasteiger partial charge in [-0.25, -0.2) is 18.6 Å². The molecule has 11 nitrogen and oxygen atoms in total. The Hall–Kier alpha value is -4.83. The number of morpholine rings is 1. The molecule has 44 heavy (non-hydrogen) atoms. The molecule has 1 aliphatic carbocycles. The number of halogens is 2. The number of nitrogens with zero attached hydrogens (tertiary/aromatic N) is 6. The number of imidazole rings is 1. The predicted octanol–water partition coefficient (Wildman–Crippen LogP) is 4.68. The van der Waals surface area contributed by atoms with Crippen molar-refractivity contribution in [3.05, 3.63) is 71.5 Å². The summed E-state index contributed by atoms with van der Waals surface area (Å²) in [5, 5.41) is 18.3. The predicted molar refractivity (Wildman–Crippen MR) is 161 cm³/mol. The van der Waals surface area contributed by atoms with Crippen molar-refractivity contribution in [2.75, 3.05) is 36.5 Å². The number of fused-ring (bicyclic) bond motifs is 1. The minimum Gasteiger partial charge on any atom is -0.378 e. The summed E-state index contributed by atoms with van der Waals surface area (Å²) in [4.78, 5) is 28.2. The van der Waals surface area contributed by atoms with Crippen LogP contribution in [0.4, 0.5) is 25.3 Å². The minimum atomic E-state index is -2.79. The van der Waals surface area contributed by atoms with Crippen LogP contribution in [0.1, 0.15) is 49.1 Å². The lowest BCUT2D eigenvalue weighted by Crippen LogP contribution is -2.44. The standard InChI is InChI=1S/C31H33F2N9O2/c32-28(33)29-38-24-3-1-2-4-25(24)42(29)27-17-26(41-13-15-44-16-14-41)39-30(40-27)36-22-9-11-23(12-10-22)37-31(43)35-19-21-7-5-20(18-34)6-8-21/h1-8,17,22-23,28H,9-16,19H2,(H2,35,37,43)(H,36,39,40). The number of rotatable bonds is 8. The van der Waals surface area contributed by atoms with Crippen LogP contribution in [0.5, 0.6) is 0 Å². The SMILES string of the molecule is N#Cc1ccc(CNC(=O)NC2CCC(Nc3nc(N4CCOCC4)cc(-n4c(C(F)F)nc5ccccc54)n3)CC2)cc1. The number of nitriles is 1. The molecule has 0 spiro atoms. The molecule has 0 bridgehead atoms. The highest BCUT2D eigenvalue weighted by Crippen LogP contribution is 2.30. The molecule has 1 aliphatic heterocycles. The molecule has 2 aromatic heterocycles. The first-order valence-electron chi connectivity index (χ1n) is 14.7. The lowest BCUT2D eigenvalue weighted by molar-refractivity contribution is 0.122. The monoisotopic (exact) mass is 601 g/mol. The second kappa shape index (κ2) is 13.2. The first-order chi connectivity index (χ1) is 21.5. The Labute approximate surface area is 253 Å². The van der Waals surface area contributed by atoms with Gasteiger partial charge in [-0.1, -0.05) is 24.3 Å². The van der Waals surface area contributed by atoms with E-state index in [-0.39, 0.29) is 23.9 Å². The van der Waals surface area contributed by atoms with E-state index in [9.17, 15) is 13.6 Å². The molecule has 3 heterocycles. The summed E-state index contributed by atoms with van der Waals surface area (Å²) in [5.41, 5.74) is 2.50. The lowest BCUT2D eigenvalue weighted by Gasteiger charge is -2.31. The summed E-state index contributed by atoms with van der Waals surface area (Å²) in [7, 11) is 0. The van der Waals surface area contributed by atoms with Crippen LogP contribution >= 0.6 is 0 Å². The molecule has 4 aromatic rings. The lowest BCUT2D eigenvalue weighted by atomic mass is 9.91. The van der Waals surface area contributed by atoms with E-state index in [4.69, 9.17) is 20.0 Å². The van der Waals surface area contributed by atoms with Crippen molar-refractivity contribution in [3.63, 3.8) is 0 Å². The molecule has 6 rings (SSSR count). The van der Waals surface area contributed by atoms with Crippen molar-refractivity contribution in [2.24, 2.45) is 0 Å². The maximum atomic E-state index is 14.2. The molecule has 2 aromatic carbocycles. The van der Waals surface area contributed by atoms with Crippen LogP contribution in [0.3, 0.4) is 0 Å². The number of nitrogens with one attached hydrogen (secondary N) is 3. The fourth-order valence-corrected chi connectivity index (χ4v) is 5.67. The number of amides is 2. The van der Waals surface area contributed by atoms with Gasteiger partial charge >= 0.3 is 6.03 Å². The van der Waals surface area contributed by atoms with Crippen LogP contribution in [0, 0.1) is 11.3 Å². The molecule has 1 saturated heterocycles. The zero-order valence-electron chi connectivity index (χ0n) is 24.0.